The molecule has 166 valence electrons. The van der Waals surface area contributed by atoms with E-state index in [2.05, 4.69) is 16.0 Å². The highest BCUT2D eigenvalue weighted by Gasteiger charge is 2.16. The molecule has 2 aromatic carbocycles. The van der Waals surface area contributed by atoms with E-state index in [1.54, 1.807) is 45.0 Å². The van der Waals surface area contributed by atoms with Crippen LogP contribution in [0.3, 0.4) is 0 Å². The van der Waals surface area contributed by atoms with Gasteiger partial charge in [0.25, 0.3) is 5.91 Å². The average molecular weight is 429 g/mol. The van der Waals surface area contributed by atoms with Crippen LogP contribution in [0.1, 0.15) is 43.1 Å². The number of carbonyl (C=O) groups is 3. The van der Waals surface area contributed by atoms with E-state index in [1.807, 2.05) is 0 Å². The molecular weight excluding hydrogens is 402 g/mol. The SMILES string of the molecule is CC(C)(C)OC(=O)NCCC(=O)NCc1ccccc1NC(=O)c1cc(O)cc(O)c1. The van der Waals surface area contributed by atoms with Crippen LogP contribution in [0, 0.1) is 0 Å². The standard InChI is InChI=1S/C22H27N3O6/c1-22(2,3)31-21(30)23-9-8-19(28)24-13-14-6-4-5-7-18(14)25-20(29)15-10-16(26)12-17(27)11-15/h4-7,10-12,26-27H,8-9,13H2,1-3H3,(H,23,30)(H,24,28)(H,25,29). The van der Waals surface area contributed by atoms with E-state index in [0.29, 0.717) is 11.3 Å². The maximum atomic E-state index is 12.4. The Morgan fingerprint density at radius 3 is 2.26 bits per heavy atom. The molecular formula is C22H27N3O6. The Balaban J connectivity index is 1.88. The van der Waals surface area contributed by atoms with Crippen LogP contribution in [0.5, 0.6) is 11.5 Å². The van der Waals surface area contributed by atoms with Gasteiger partial charge in [0, 0.05) is 36.8 Å². The van der Waals surface area contributed by atoms with Gasteiger partial charge in [0.15, 0.2) is 0 Å². The van der Waals surface area contributed by atoms with Crippen molar-refractivity contribution in [2.24, 2.45) is 0 Å². The summed E-state index contributed by atoms with van der Waals surface area (Å²) in [7, 11) is 0. The lowest BCUT2D eigenvalue weighted by molar-refractivity contribution is -0.121. The summed E-state index contributed by atoms with van der Waals surface area (Å²) in [4.78, 5) is 36.1. The van der Waals surface area contributed by atoms with E-state index in [4.69, 9.17) is 4.74 Å². The minimum atomic E-state index is -0.613. The monoisotopic (exact) mass is 429 g/mol. The molecule has 0 heterocycles. The number of amides is 3. The molecule has 0 bridgehead atoms. The quantitative estimate of drug-likeness (QED) is 0.459. The molecule has 0 saturated carbocycles. The highest BCUT2D eigenvalue weighted by molar-refractivity contribution is 6.05. The van der Waals surface area contributed by atoms with Crippen LogP contribution in [-0.4, -0.2) is 40.3 Å². The zero-order valence-corrected chi connectivity index (χ0v) is 17.7. The van der Waals surface area contributed by atoms with E-state index >= 15 is 0 Å². The number of phenolic OH excluding ortho intramolecular Hbond substituents is 2. The number of carbonyl (C=O) groups excluding carboxylic acids is 3. The number of ether oxygens (including phenoxy) is 1. The summed E-state index contributed by atoms with van der Waals surface area (Å²) in [5.41, 5.74) is 0.610. The molecule has 5 N–H and O–H groups in total. The van der Waals surface area contributed by atoms with Gasteiger partial charge in [-0.25, -0.2) is 4.79 Å². The van der Waals surface area contributed by atoms with Crippen molar-refractivity contribution in [1.29, 1.82) is 0 Å². The molecule has 2 aromatic rings. The Bertz CT molecular complexity index is 932. The van der Waals surface area contributed by atoms with Gasteiger partial charge < -0.3 is 30.9 Å². The number of hydrogen-bond donors (Lipinski definition) is 5. The second-order valence-electron chi connectivity index (χ2n) is 7.80. The summed E-state index contributed by atoms with van der Waals surface area (Å²) < 4.78 is 5.10. The fourth-order valence-electron chi connectivity index (χ4n) is 2.59. The zero-order chi connectivity index (χ0) is 23.0. The van der Waals surface area contributed by atoms with Crippen molar-refractivity contribution in [3.05, 3.63) is 53.6 Å². The Kier molecular flexibility index (Phi) is 7.84. The van der Waals surface area contributed by atoms with Gasteiger partial charge in [-0.1, -0.05) is 18.2 Å². The predicted octanol–water partition coefficient (Wildman–Crippen LogP) is 2.88. The van der Waals surface area contributed by atoms with Gasteiger partial charge in [-0.15, -0.1) is 0 Å². The highest BCUT2D eigenvalue weighted by Crippen LogP contribution is 2.22. The number of nitrogens with one attached hydrogen (secondary N) is 3. The largest absolute Gasteiger partial charge is 0.508 e. The summed E-state index contributed by atoms with van der Waals surface area (Å²) in [5.74, 6) is -1.27. The molecule has 0 aromatic heterocycles. The van der Waals surface area contributed by atoms with Crippen LogP contribution in [0.15, 0.2) is 42.5 Å². The topological polar surface area (TPSA) is 137 Å². The molecule has 0 aliphatic carbocycles. The molecule has 0 fully saturated rings. The number of benzene rings is 2. The van der Waals surface area contributed by atoms with Crippen LogP contribution < -0.4 is 16.0 Å². The van der Waals surface area contributed by atoms with Crippen molar-refractivity contribution in [1.82, 2.24) is 10.6 Å². The second kappa shape index (κ2) is 10.3. The number of rotatable bonds is 7. The number of aromatic hydroxyl groups is 2. The number of para-hydroxylation sites is 1. The van der Waals surface area contributed by atoms with Crippen molar-refractivity contribution in [2.75, 3.05) is 11.9 Å². The molecule has 2 rings (SSSR count). The Morgan fingerprint density at radius 2 is 1.61 bits per heavy atom. The normalized spacial score (nSPS) is 10.8. The summed E-state index contributed by atoms with van der Waals surface area (Å²) >= 11 is 0. The predicted molar refractivity (Wildman–Crippen MR) is 115 cm³/mol. The third-order valence-electron chi connectivity index (χ3n) is 3.93. The molecule has 3 amide bonds. The lowest BCUT2D eigenvalue weighted by Gasteiger charge is -2.19. The van der Waals surface area contributed by atoms with Gasteiger partial charge in [0.2, 0.25) is 5.91 Å². The minimum absolute atomic E-state index is 0.0658. The molecule has 0 spiro atoms. The van der Waals surface area contributed by atoms with E-state index in [-0.39, 0.29) is 42.5 Å². The number of alkyl carbamates (subject to hydrolysis) is 1. The molecule has 0 atom stereocenters. The van der Waals surface area contributed by atoms with Crippen molar-refractivity contribution >= 4 is 23.6 Å². The minimum Gasteiger partial charge on any atom is -0.508 e. The summed E-state index contributed by atoms with van der Waals surface area (Å²) in [6, 6.07) is 10.5. The molecule has 0 saturated heterocycles. The van der Waals surface area contributed by atoms with Crippen LogP contribution in [0.2, 0.25) is 0 Å². The van der Waals surface area contributed by atoms with Crippen molar-refractivity contribution in [2.45, 2.75) is 39.3 Å². The fourth-order valence-corrected chi connectivity index (χ4v) is 2.59. The van der Waals surface area contributed by atoms with Crippen molar-refractivity contribution in [3.8, 4) is 11.5 Å². The number of phenols is 2. The van der Waals surface area contributed by atoms with Crippen LogP contribution >= 0.6 is 0 Å². The lowest BCUT2D eigenvalue weighted by atomic mass is 10.1. The van der Waals surface area contributed by atoms with Gasteiger partial charge in [-0.05, 0) is 44.5 Å². The van der Waals surface area contributed by atoms with Crippen molar-refractivity contribution < 1.29 is 29.3 Å². The second-order valence-corrected chi connectivity index (χ2v) is 7.80. The van der Waals surface area contributed by atoms with Crippen LogP contribution in [-0.2, 0) is 16.1 Å². The molecule has 0 aliphatic heterocycles. The summed E-state index contributed by atoms with van der Waals surface area (Å²) in [5, 5.41) is 27.0. The van der Waals surface area contributed by atoms with Gasteiger partial charge in [-0.2, -0.15) is 0 Å². The van der Waals surface area contributed by atoms with Crippen LogP contribution in [0.4, 0.5) is 10.5 Å². The maximum Gasteiger partial charge on any atom is 0.407 e. The fraction of sp³-hybridized carbons (Fsp3) is 0.318. The molecule has 31 heavy (non-hydrogen) atoms. The smallest absolute Gasteiger partial charge is 0.407 e. The van der Waals surface area contributed by atoms with E-state index in [0.717, 1.165) is 6.07 Å². The van der Waals surface area contributed by atoms with E-state index in [9.17, 15) is 24.6 Å². The van der Waals surface area contributed by atoms with Gasteiger partial charge >= 0.3 is 6.09 Å². The first kappa shape index (κ1) is 23.5. The third kappa shape index (κ3) is 8.25. The lowest BCUT2D eigenvalue weighted by Crippen LogP contribution is -2.35. The van der Waals surface area contributed by atoms with Crippen molar-refractivity contribution in [3.63, 3.8) is 0 Å². The molecule has 0 unspecified atom stereocenters. The van der Waals surface area contributed by atoms with Gasteiger partial charge in [0.1, 0.15) is 17.1 Å². The highest BCUT2D eigenvalue weighted by atomic mass is 16.6. The summed E-state index contributed by atoms with van der Waals surface area (Å²) in [6.07, 6.45) is -0.526. The first-order valence-corrected chi connectivity index (χ1v) is 9.69. The number of hydrogen-bond acceptors (Lipinski definition) is 6. The molecule has 0 aliphatic rings. The third-order valence-corrected chi connectivity index (χ3v) is 3.93. The summed E-state index contributed by atoms with van der Waals surface area (Å²) in [6.45, 7) is 5.53. The molecule has 9 heteroatoms. The zero-order valence-electron chi connectivity index (χ0n) is 17.7. The average Bonchev–Trinajstić information content (AvgIpc) is 2.65. The molecule has 0 radical (unpaired) electrons. The first-order chi connectivity index (χ1) is 14.5. The van der Waals surface area contributed by atoms with Gasteiger partial charge in [-0.3, -0.25) is 9.59 Å². The van der Waals surface area contributed by atoms with Crippen LogP contribution in [0.25, 0.3) is 0 Å². The maximum absolute atomic E-state index is 12.4. The van der Waals surface area contributed by atoms with E-state index in [1.165, 1.54) is 12.1 Å². The van der Waals surface area contributed by atoms with Gasteiger partial charge in [0.05, 0.1) is 0 Å². The first-order valence-electron chi connectivity index (χ1n) is 9.69. The number of anilines is 1. The Labute approximate surface area is 180 Å². The molecule has 9 nitrogen and oxygen atoms in total. The Hall–Kier alpha value is -3.75. The Morgan fingerprint density at radius 1 is 0.968 bits per heavy atom. The van der Waals surface area contributed by atoms with E-state index < -0.39 is 17.6 Å².